The number of anilines is 2. The van der Waals surface area contributed by atoms with Crippen LogP contribution in [-0.2, 0) is 43.2 Å². The number of ketones is 3. The van der Waals surface area contributed by atoms with Gasteiger partial charge in [0.1, 0.15) is 47.3 Å². The number of aromatic nitrogens is 7. The number of nitrogens with zero attached hydrogens (tertiary/aromatic N) is 10. The first-order chi connectivity index (χ1) is 68.2. The number of hydrogen-bond donors (Lipinski definition) is 6. The monoisotopic (exact) mass is 1950 g/mol. The van der Waals surface area contributed by atoms with E-state index in [1.54, 1.807) is 91.2 Å². The van der Waals surface area contributed by atoms with Gasteiger partial charge in [-0.05, 0) is 265 Å². The number of pyridine rings is 3. The zero-order chi connectivity index (χ0) is 104. The molecule has 6 N–H and O–H groups in total. The highest BCUT2D eigenvalue weighted by Crippen LogP contribution is 2.37. The van der Waals surface area contributed by atoms with Crippen LogP contribution >= 0.6 is 0 Å². The van der Waals surface area contributed by atoms with E-state index in [1.165, 1.54) is 46.6 Å². The van der Waals surface area contributed by atoms with Crippen molar-refractivity contribution in [2.75, 3.05) is 42.5 Å². The van der Waals surface area contributed by atoms with Crippen LogP contribution < -0.4 is 47.7 Å². The number of aliphatic carboxylic acids is 1. The van der Waals surface area contributed by atoms with Crippen LogP contribution in [0.25, 0.3) is 44.1 Å². The molecule has 28 heteroatoms. The van der Waals surface area contributed by atoms with Crippen LogP contribution in [0.5, 0.6) is 5.75 Å². The Morgan fingerprint density at radius 1 is 0.427 bits per heavy atom. The molecule has 9 atom stereocenters. The third kappa shape index (κ3) is 30.6. The van der Waals surface area contributed by atoms with Crippen molar-refractivity contribution in [2.45, 2.75) is 262 Å². The van der Waals surface area contributed by atoms with E-state index in [9.17, 15) is 67.7 Å². The fourth-order valence-electron chi connectivity index (χ4n) is 19.2. The number of nitrogens with one attached hydrogen (secondary N) is 4. The number of para-hydroxylation sites is 3. The summed E-state index contributed by atoms with van der Waals surface area (Å²) in [4.78, 5) is 179. The largest absolute Gasteiger partial charge is 0.507 e. The van der Waals surface area contributed by atoms with Crippen LogP contribution in [0.4, 0.5) is 11.4 Å². The number of aryl methyl sites for hydroxylation is 4. The average molecular weight is 1950 g/mol. The number of likely N-dealkylation sites (tertiary alicyclic amines) is 1. The van der Waals surface area contributed by atoms with Gasteiger partial charge in [0, 0.05) is 106 Å². The molecule has 143 heavy (non-hydrogen) atoms. The predicted octanol–water partition coefficient (Wildman–Crippen LogP) is 19.2. The predicted molar refractivity (Wildman–Crippen MR) is 563 cm³/mol. The molecule has 758 valence electrons. The Kier molecular flexibility index (Phi) is 39.6. The average Bonchev–Trinajstić information content (AvgIpc) is 0.792. The van der Waals surface area contributed by atoms with Gasteiger partial charge < -0.3 is 50.7 Å². The number of carbonyl (C=O) groups excluding carboxylic acids is 8. The zero-order valence-corrected chi connectivity index (χ0v) is 86.0. The molecule has 0 saturated carbocycles. The maximum absolute atomic E-state index is 13.7. The molecule has 8 heterocycles. The smallest absolute Gasteiger partial charge is 0.305 e. The first-order valence-electron chi connectivity index (χ1n) is 50.5. The number of hydrogen-bond acceptors (Lipinski definition) is 19. The lowest BCUT2D eigenvalue weighted by atomic mass is 9.93. The minimum Gasteiger partial charge on any atom is -0.507 e. The van der Waals surface area contributed by atoms with Gasteiger partial charge in [0.2, 0.25) is 29.5 Å². The number of benzene rings is 6. The van der Waals surface area contributed by atoms with Crippen LogP contribution in [0.3, 0.4) is 0 Å². The van der Waals surface area contributed by atoms with Gasteiger partial charge in [0.15, 0.2) is 0 Å². The second-order valence-corrected chi connectivity index (χ2v) is 40.8. The van der Waals surface area contributed by atoms with Gasteiger partial charge in [0.05, 0.1) is 76.4 Å². The molecular formula is C115H144N14O14. The van der Waals surface area contributed by atoms with E-state index < -0.39 is 54.3 Å². The number of piperidine rings is 3. The summed E-state index contributed by atoms with van der Waals surface area (Å²) in [7, 11) is 0. The van der Waals surface area contributed by atoms with Crippen molar-refractivity contribution in [3.63, 3.8) is 0 Å². The van der Waals surface area contributed by atoms with Crippen LogP contribution in [0, 0.1) is 63.2 Å². The quantitative estimate of drug-likeness (QED) is 0.0212. The highest BCUT2D eigenvalue weighted by Gasteiger charge is 2.38. The molecule has 11 aromatic rings. The van der Waals surface area contributed by atoms with Gasteiger partial charge in [-0.2, -0.15) is 0 Å². The molecule has 14 rings (SSSR count). The summed E-state index contributed by atoms with van der Waals surface area (Å²) in [6.07, 6.45) is 19.0. The number of carboxylic acids is 1. The molecule has 28 nitrogen and oxygen atoms in total. The van der Waals surface area contributed by atoms with E-state index >= 15 is 0 Å². The summed E-state index contributed by atoms with van der Waals surface area (Å²) in [5, 5.41) is 33.0. The van der Waals surface area contributed by atoms with Gasteiger partial charge in [-0.3, -0.25) is 76.6 Å². The normalized spacial score (nSPS) is 15.6. The Labute approximate surface area is 839 Å². The van der Waals surface area contributed by atoms with E-state index in [0.717, 1.165) is 131 Å². The van der Waals surface area contributed by atoms with Gasteiger partial charge in [0.25, 0.3) is 16.7 Å². The van der Waals surface area contributed by atoms with E-state index in [-0.39, 0.29) is 119 Å². The molecule has 3 aliphatic heterocycles. The first kappa shape index (κ1) is 109. The van der Waals surface area contributed by atoms with Crippen molar-refractivity contribution in [2.24, 2.45) is 35.5 Å². The number of phenolic OH excluding ortho intramolecular Hbond substituents is 1. The molecule has 5 amide bonds. The lowest BCUT2D eigenvalue weighted by Crippen LogP contribution is -2.53. The molecule has 0 aliphatic carbocycles. The van der Waals surface area contributed by atoms with Crippen molar-refractivity contribution >= 4 is 86.0 Å². The standard InChI is InChI=1S/C30H38N4O3.C30H31N3O4.C28H37N3O4.C27H38N4O3/c1-20(2)16-28(34-19-31-26-11-6-5-10-25(26)30(34)37)29(36)32-27(17-22(4)35)23-8-7-9-24(18-23)33-14-12-21(3)13-15-33;1-19(2)15-27(33-18-31-25-13-6-4-12-24(25)30(33)37)29(36)32-26(16-20(3)34)22-10-8-9-21(17-22)23-11-5-7-14-28(23)35;1-17(2)11-24(31-10-9-18(3)12-25(31)32)28(35)30-23(14-26(33)34)21-13-22(16-29-15-21)27-19(4)7-6-8-20(27)5;1-18(2)13-25(31-12-9-19(3)14-26(31)33)27(34)29-23(15-20(4)32)22-16-24(21(5)28-17-22)30-10-7-6-8-11-30/h5-11,18-21,27-28H,12-17H2,1-4H3,(H,32,36);4-14,17-19,26-27,35H,15-16H2,1-3H3,(H,32,36);6-8,13,15-18,23-24H,9-12,14H2,1-5H3,(H,30,35)(H,33,34);9,12,14,16-18,23,25H,6-8,10-11,13,15H2,1-5H3,(H,29,34)/t27-,28-;26-,27-;18?,23-,24+;23-,25?/m0000/s1. The summed E-state index contributed by atoms with van der Waals surface area (Å²) >= 11 is 0. The number of carbonyl (C=O) groups is 9. The van der Waals surface area contributed by atoms with E-state index in [0.29, 0.717) is 77.5 Å². The number of Topliss-reactive ketones (excluding diaryl/α,β-unsaturated/α-hetero) is 3. The second-order valence-electron chi connectivity index (χ2n) is 40.8. The van der Waals surface area contributed by atoms with E-state index in [1.807, 2.05) is 181 Å². The molecule has 6 aromatic carbocycles. The molecule has 0 radical (unpaired) electrons. The topological polar surface area (TPSA) is 369 Å². The van der Waals surface area contributed by atoms with E-state index in [2.05, 4.69) is 76.1 Å². The van der Waals surface area contributed by atoms with Crippen molar-refractivity contribution < 1.29 is 53.4 Å². The summed E-state index contributed by atoms with van der Waals surface area (Å²) in [5.41, 5.74) is 13.0. The Hall–Kier alpha value is -13.9. The Morgan fingerprint density at radius 3 is 1.39 bits per heavy atom. The molecule has 0 spiro atoms. The second kappa shape index (κ2) is 51.7. The Balaban J connectivity index is 0.000000182. The minimum atomic E-state index is -1.02. The summed E-state index contributed by atoms with van der Waals surface area (Å²) in [6.45, 7) is 37.4. The van der Waals surface area contributed by atoms with Gasteiger partial charge >= 0.3 is 5.97 Å². The molecule has 2 unspecified atom stereocenters. The highest BCUT2D eigenvalue weighted by atomic mass is 16.4. The minimum absolute atomic E-state index is 0.00699. The van der Waals surface area contributed by atoms with Crippen LogP contribution in [0.1, 0.15) is 273 Å². The molecule has 3 aliphatic rings. The summed E-state index contributed by atoms with van der Waals surface area (Å²) in [5.74, 6) is -0.452. The Morgan fingerprint density at radius 2 is 0.881 bits per heavy atom. The van der Waals surface area contributed by atoms with Crippen molar-refractivity contribution in [1.82, 2.24) is 59.8 Å². The maximum atomic E-state index is 13.7. The van der Waals surface area contributed by atoms with Crippen molar-refractivity contribution in [1.29, 1.82) is 0 Å². The molecule has 3 fully saturated rings. The molecule has 3 saturated heterocycles. The number of amides is 5. The van der Waals surface area contributed by atoms with Gasteiger partial charge in [-0.25, -0.2) is 9.97 Å². The number of carboxylic acid groups (broad SMARTS) is 1. The first-order valence-corrected chi connectivity index (χ1v) is 50.5. The SMILES string of the molecule is CC(=O)C[C@H](NC(=O)C(CC(C)C)n1ccc(C)cc1=O)c1cnc(C)c(N2CCCCC2)c1.CC(=O)C[C@H](NC(=O)[C@H](CC(C)C)n1cnc2ccccc2c1=O)c1cccc(-c2ccccc2O)c1.CC(=O)C[C@H](NC(=O)[C@H](CC(C)C)n1cnc2ccccc2c1=O)c1cccc(N2CCC(C)CC2)c1.Cc1cccc(C)c1-c1cncc([C@H](CC(=O)O)NC(=O)[C@@H](CC(C)C)N2CCC(C)CC2=O)c1. The van der Waals surface area contributed by atoms with Crippen LogP contribution in [-0.4, -0.2) is 140 Å². The number of rotatable bonds is 36. The van der Waals surface area contributed by atoms with Crippen molar-refractivity contribution in [3.05, 3.63) is 277 Å². The summed E-state index contributed by atoms with van der Waals surface area (Å²) in [6, 6.07) is 45.0. The fourth-order valence-corrected chi connectivity index (χ4v) is 19.2. The summed E-state index contributed by atoms with van der Waals surface area (Å²) < 4.78 is 4.33. The van der Waals surface area contributed by atoms with Gasteiger partial charge in [-0.15, -0.1) is 0 Å². The fraction of sp³-hybridized carbons (Fsp3) is 0.443. The van der Waals surface area contributed by atoms with Crippen LogP contribution in [0.15, 0.2) is 216 Å². The van der Waals surface area contributed by atoms with Crippen molar-refractivity contribution in [3.8, 4) is 28.0 Å². The van der Waals surface area contributed by atoms with Gasteiger partial charge in [-0.1, -0.05) is 160 Å². The number of aromatic hydroxyl groups is 1. The lowest BCUT2D eigenvalue weighted by molar-refractivity contribution is -0.145. The van der Waals surface area contributed by atoms with Crippen LogP contribution in [0.2, 0.25) is 0 Å². The highest BCUT2D eigenvalue weighted by molar-refractivity contribution is 5.90. The number of phenols is 1. The third-order valence-electron chi connectivity index (χ3n) is 26.7. The number of fused-ring (bicyclic) bond motifs is 2. The van der Waals surface area contributed by atoms with E-state index in [4.69, 9.17) is 0 Å². The Bertz CT molecular complexity index is 6460. The zero-order valence-electron chi connectivity index (χ0n) is 86.0. The molecule has 5 aromatic heterocycles. The maximum Gasteiger partial charge on any atom is 0.305 e. The molecular weight excluding hydrogens is 1800 g/mol. The third-order valence-corrected chi connectivity index (χ3v) is 26.7. The lowest BCUT2D eigenvalue weighted by Gasteiger charge is -2.37. The molecule has 0 bridgehead atoms.